The van der Waals surface area contributed by atoms with Crippen molar-refractivity contribution in [3.8, 4) is 0 Å². The fourth-order valence-electron chi connectivity index (χ4n) is 2.50. The Morgan fingerprint density at radius 2 is 1.94 bits per heavy atom. The fourth-order valence-corrected chi connectivity index (χ4v) is 2.50. The molecule has 1 heterocycles. The van der Waals surface area contributed by atoms with E-state index < -0.39 is 0 Å². The molecule has 2 saturated carbocycles. The predicted molar refractivity (Wildman–Crippen MR) is 62.0 cm³/mol. The van der Waals surface area contributed by atoms with E-state index >= 15 is 0 Å². The van der Waals surface area contributed by atoms with Crippen molar-refractivity contribution in [3.63, 3.8) is 0 Å². The highest BCUT2D eigenvalue weighted by atomic mass is 16.4. The molecule has 0 bridgehead atoms. The molecule has 3 heteroatoms. The van der Waals surface area contributed by atoms with Gasteiger partial charge in [0, 0.05) is 6.04 Å². The summed E-state index contributed by atoms with van der Waals surface area (Å²) in [6, 6.07) is 0.960. The summed E-state index contributed by atoms with van der Waals surface area (Å²) in [5, 5.41) is 3.71. The summed E-state index contributed by atoms with van der Waals surface area (Å²) >= 11 is 0. The summed E-state index contributed by atoms with van der Waals surface area (Å²) in [6.45, 7) is 4.10. The molecule has 16 heavy (non-hydrogen) atoms. The molecular formula is C13H20N2O. The quantitative estimate of drug-likeness (QED) is 0.829. The summed E-state index contributed by atoms with van der Waals surface area (Å²) in [5.41, 5.74) is 0. The maximum absolute atomic E-state index is 5.57. The molecular weight excluding hydrogens is 200 g/mol. The zero-order chi connectivity index (χ0) is 11.1. The second-order valence-electron chi connectivity index (χ2n) is 5.40. The third-order valence-electron chi connectivity index (χ3n) is 3.71. The monoisotopic (exact) mass is 220 g/mol. The van der Waals surface area contributed by atoms with Crippen LogP contribution in [0.5, 0.6) is 0 Å². The Hall–Kier alpha value is -0.830. The molecule has 0 radical (unpaired) electrons. The number of hydrogen-bond donors (Lipinski definition) is 1. The molecule has 1 aromatic rings. The van der Waals surface area contributed by atoms with E-state index in [-0.39, 0.29) is 6.04 Å². The maximum Gasteiger partial charge on any atom is 0.211 e. The van der Waals surface area contributed by atoms with Crippen molar-refractivity contribution >= 4 is 0 Å². The van der Waals surface area contributed by atoms with E-state index in [4.69, 9.17) is 4.42 Å². The molecule has 1 atom stereocenters. The average Bonchev–Trinajstić information content (AvgIpc) is 3.14. The molecule has 0 saturated heterocycles. The van der Waals surface area contributed by atoms with Crippen LogP contribution in [0, 0.1) is 18.8 Å². The zero-order valence-corrected chi connectivity index (χ0v) is 10.1. The van der Waals surface area contributed by atoms with Gasteiger partial charge in [0.15, 0.2) is 0 Å². The van der Waals surface area contributed by atoms with Crippen LogP contribution in [-0.4, -0.2) is 11.0 Å². The van der Waals surface area contributed by atoms with E-state index in [0.29, 0.717) is 6.04 Å². The van der Waals surface area contributed by atoms with Crippen LogP contribution in [-0.2, 0) is 0 Å². The van der Waals surface area contributed by atoms with Crippen LogP contribution in [0.25, 0.3) is 0 Å². The van der Waals surface area contributed by atoms with Crippen LogP contribution >= 0.6 is 0 Å². The van der Waals surface area contributed by atoms with Crippen molar-refractivity contribution in [2.75, 3.05) is 0 Å². The van der Waals surface area contributed by atoms with Crippen molar-refractivity contribution in [2.24, 2.45) is 11.8 Å². The summed E-state index contributed by atoms with van der Waals surface area (Å²) < 4.78 is 5.57. The van der Waals surface area contributed by atoms with Crippen molar-refractivity contribution in [2.45, 2.75) is 51.6 Å². The van der Waals surface area contributed by atoms with Gasteiger partial charge >= 0.3 is 0 Å². The highest BCUT2D eigenvalue weighted by Crippen LogP contribution is 2.45. The third kappa shape index (κ3) is 2.14. The van der Waals surface area contributed by atoms with Crippen molar-refractivity contribution in [1.82, 2.24) is 10.3 Å². The summed E-state index contributed by atoms with van der Waals surface area (Å²) in [5.74, 6) is 3.58. The molecule has 2 fully saturated rings. The largest absolute Gasteiger partial charge is 0.444 e. The van der Waals surface area contributed by atoms with Crippen LogP contribution in [0.15, 0.2) is 10.6 Å². The molecule has 3 rings (SSSR count). The van der Waals surface area contributed by atoms with Gasteiger partial charge < -0.3 is 9.73 Å². The normalized spacial score (nSPS) is 22.7. The molecule has 0 aromatic carbocycles. The Kier molecular flexibility index (Phi) is 2.51. The Labute approximate surface area is 96.6 Å². The van der Waals surface area contributed by atoms with Gasteiger partial charge in [-0.15, -0.1) is 0 Å². The maximum atomic E-state index is 5.57. The first kappa shape index (κ1) is 10.3. The van der Waals surface area contributed by atoms with Crippen LogP contribution in [0.2, 0.25) is 0 Å². The first-order chi connectivity index (χ1) is 7.74. The SMILES string of the molecule is Cc1cnc(C(C)NC(C2CC2)C2CC2)o1. The van der Waals surface area contributed by atoms with Crippen LogP contribution in [0.4, 0.5) is 0 Å². The lowest BCUT2D eigenvalue weighted by atomic mass is 10.1. The predicted octanol–water partition coefficient (Wildman–Crippen LogP) is 2.82. The van der Waals surface area contributed by atoms with Gasteiger partial charge in [0.25, 0.3) is 0 Å². The van der Waals surface area contributed by atoms with Gasteiger partial charge in [-0.3, -0.25) is 0 Å². The van der Waals surface area contributed by atoms with E-state index in [1.165, 1.54) is 25.7 Å². The second-order valence-corrected chi connectivity index (χ2v) is 5.40. The molecule has 2 aliphatic rings. The Morgan fingerprint density at radius 1 is 1.31 bits per heavy atom. The minimum absolute atomic E-state index is 0.250. The van der Waals surface area contributed by atoms with E-state index in [9.17, 15) is 0 Å². The molecule has 0 spiro atoms. The van der Waals surface area contributed by atoms with E-state index in [2.05, 4.69) is 17.2 Å². The van der Waals surface area contributed by atoms with Crippen LogP contribution < -0.4 is 5.32 Å². The highest BCUT2D eigenvalue weighted by molar-refractivity contribution is 5.01. The summed E-state index contributed by atoms with van der Waals surface area (Å²) in [6.07, 6.45) is 7.44. The Balaban J connectivity index is 1.63. The number of rotatable bonds is 5. The van der Waals surface area contributed by atoms with E-state index in [1.807, 2.05) is 6.92 Å². The lowest BCUT2D eigenvalue weighted by Gasteiger charge is -2.21. The molecule has 1 N–H and O–H groups in total. The molecule has 1 aromatic heterocycles. The molecule has 3 nitrogen and oxygen atoms in total. The third-order valence-corrected chi connectivity index (χ3v) is 3.71. The van der Waals surface area contributed by atoms with Crippen molar-refractivity contribution < 1.29 is 4.42 Å². The van der Waals surface area contributed by atoms with Gasteiger partial charge in [0.1, 0.15) is 5.76 Å². The number of hydrogen-bond acceptors (Lipinski definition) is 3. The number of aromatic nitrogens is 1. The molecule has 1 unspecified atom stereocenters. The fraction of sp³-hybridized carbons (Fsp3) is 0.769. The minimum atomic E-state index is 0.250. The number of oxazole rings is 1. The van der Waals surface area contributed by atoms with Gasteiger partial charge in [-0.05, 0) is 51.4 Å². The molecule has 0 amide bonds. The van der Waals surface area contributed by atoms with Gasteiger partial charge in [-0.1, -0.05) is 0 Å². The van der Waals surface area contributed by atoms with Gasteiger partial charge in [-0.25, -0.2) is 4.98 Å². The van der Waals surface area contributed by atoms with Crippen LogP contribution in [0.1, 0.15) is 50.3 Å². The Bertz CT molecular complexity index is 354. The van der Waals surface area contributed by atoms with Crippen molar-refractivity contribution in [1.29, 1.82) is 0 Å². The first-order valence-corrected chi connectivity index (χ1v) is 6.42. The molecule has 88 valence electrons. The second kappa shape index (κ2) is 3.88. The number of nitrogens with one attached hydrogen (secondary N) is 1. The molecule has 0 aliphatic heterocycles. The summed E-state index contributed by atoms with van der Waals surface area (Å²) in [4.78, 5) is 4.30. The van der Waals surface area contributed by atoms with E-state index in [1.54, 1.807) is 6.20 Å². The zero-order valence-electron chi connectivity index (χ0n) is 10.1. The molecule has 2 aliphatic carbocycles. The topological polar surface area (TPSA) is 38.1 Å². The lowest BCUT2D eigenvalue weighted by molar-refractivity contribution is 0.330. The van der Waals surface area contributed by atoms with Gasteiger partial charge in [-0.2, -0.15) is 0 Å². The summed E-state index contributed by atoms with van der Waals surface area (Å²) in [7, 11) is 0. The smallest absolute Gasteiger partial charge is 0.211 e. The number of nitrogens with zero attached hydrogens (tertiary/aromatic N) is 1. The minimum Gasteiger partial charge on any atom is -0.444 e. The average molecular weight is 220 g/mol. The lowest BCUT2D eigenvalue weighted by Crippen LogP contribution is -2.35. The van der Waals surface area contributed by atoms with Crippen LogP contribution in [0.3, 0.4) is 0 Å². The Morgan fingerprint density at radius 3 is 2.38 bits per heavy atom. The highest BCUT2D eigenvalue weighted by Gasteiger charge is 2.42. The first-order valence-electron chi connectivity index (χ1n) is 6.42. The van der Waals surface area contributed by atoms with Gasteiger partial charge in [0.05, 0.1) is 12.2 Å². The standard InChI is InChI=1S/C13H20N2O/c1-8-7-14-13(16-8)9(2)15-12(10-3-4-10)11-5-6-11/h7,9-12,15H,3-6H2,1-2H3. The van der Waals surface area contributed by atoms with Gasteiger partial charge in [0.2, 0.25) is 5.89 Å². The van der Waals surface area contributed by atoms with E-state index in [0.717, 1.165) is 23.5 Å². The van der Waals surface area contributed by atoms with Crippen molar-refractivity contribution in [3.05, 3.63) is 17.8 Å². The number of aryl methyl sites for hydroxylation is 1.